The Morgan fingerprint density at radius 2 is 2.19 bits per heavy atom. The minimum Gasteiger partial charge on any atom is -0.508 e. The number of aromatic hydroxyl groups is 1. The van der Waals surface area contributed by atoms with E-state index in [1.807, 2.05) is 29.8 Å². The summed E-state index contributed by atoms with van der Waals surface area (Å²) >= 11 is 7.31. The van der Waals surface area contributed by atoms with Crippen molar-refractivity contribution in [2.45, 2.75) is 5.16 Å². The van der Waals surface area contributed by atoms with Crippen LogP contribution >= 0.6 is 23.4 Å². The molecule has 0 atom stereocenters. The third-order valence-electron chi connectivity index (χ3n) is 3.58. The molecule has 0 saturated heterocycles. The maximum Gasteiger partial charge on any atom is 0.337 e. The number of thioether (sulfide) groups is 1. The molecule has 0 radical (unpaired) electrons. The van der Waals surface area contributed by atoms with E-state index < -0.39 is 0 Å². The van der Waals surface area contributed by atoms with Gasteiger partial charge in [0.15, 0.2) is 0 Å². The highest BCUT2D eigenvalue weighted by Crippen LogP contribution is 2.20. The molecule has 1 aromatic heterocycles. The molecule has 0 aliphatic rings. The van der Waals surface area contributed by atoms with Gasteiger partial charge >= 0.3 is 5.16 Å². The van der Waals surface area contributed by atoms with Crippen molar-refractivity contribution in [1.29, 1.82) is 0 Å². The molecule has 1 heterocycles. The first-order valence-electron chi connectivity index (χ1n) is 7.97. The van der Waals surface area contributed by atoms with Gasteiger partial charge in [0.1, 0.15) is 5.75 Å². The number of benzene rings is 2. The number of hydrogen-bond acceptors (Lipinski definition) is 5. The van der Waals surface area contributed by atoms with Crippen molar-refractivity contribution in [2.24, 2.45) is 12.1 Å². The van der Waals surface area contributed by atoms with Gasteiger partial charge in [0, 0.05) is 5.02 Å². The fourth-order valence-electron chi connectivity index (χ4n) is 2.32. The molecule has 2 aromatic carbocycles. The second-order valence-electron chi connectivity index (χ2n) is 5.60. The van der Waals surface area contributed by atoms with Crippen LogP contribution in [0, 0.1) is 0 Å². The van der Waals surface area contributed by atoms with Crippen molar-refractivity contribution in [3.05, 3.63) is 59.1 Å². The zero-order chi connectivity index (χ0) is 19.2. The number of H-pyrrole nitrogens is 1. The molecule has 3 aromatic rings. The summed E-state index contributed by atoms with van der Waals surface area (Å²) in [7, 11) is 1.86. The smallest absolute Gasteiger partial charge is 0.337 e. The summed E-state index contributed by atoms with van der Waals surface area (Å²) in [4.78, 5) is 11.9. The molecule has 7 nitrogen and oxygen atoms in total. The third kappa shape index (κ3) is 5.08. The van der Waals surface area contributed by atoms with E-state index in [1.54, 1.807) is 30.3 Å². The average molecular weight is 403 g/mol. The number of hydrazone groups is 1. The highest BCUT2D eigenvalue weighted by molar-refractivity contribution is 7.99. The monoisotopic (exact) mass is 402 g/mol. The first-order chi connectivity index (χ1) is 13.0. The number of nitrogens with one attached hydrogen (secondary N) is 2. The molecule has 0 spiro atoms. The van der Waals surface area contributed by atoms with Gasteiger partial charge < -0.3 is 5.11 Å². The Kier molecular flexibility index (Phi) is 6.10. The van der Waals surface area contributed by atoms with Gasteiger partial charge in [-0.15, -0.1) is 5.10 Å². The summed E-state index contributed by atoms with van der Waals surface area (Å²) in [6, 6.07) is 14.0. The molecule has 9 heteroatoms. The van der Waals surface area contributed by atoms with Crippen LogP contribution in [0.1, 0.15) is 5.56 Å². The molecule has 0 saturated carbocycles. The number of amides is 1. The van der Waals surface area contributed by atoms with Gasteiger partial charge in [-0.2, -0.15) is 5.10 Å². The van der Waals surface area contributed by atoms with Crippen molar-refractivity contribution >= 4 is 35.5 Å². The predicted molar refractivity (Wildman–Crippen MR) is 105 cm³/mol. The van der Waals surface area contributed by atoms with E-state index in [-0.39, 0.29) is 17.4 Å². The lowest BCUT2D eigenvalue weighted by atomic mass is 10.2. The second kappa shape index (κ2) is 8.70. The number of phenols is 1. The van der Waals surface area contributed by atoms with Gasteiger partial charge in [-0.3, -0.25) is 4.79 Å². The number of aromatic amines is 1. The lowest BCUT2D eigenvalue weighted by Crippen LogP contribution is -2.32. The largest absolute Gasteiger partial charge is 0.508 e. The highest BCUT2D eigenvalue weighted by atomic mass is 35.5. The maximum absolute atomic E-state index is 11.9. The molecule has 0 fully saturated rings. The van der Waals surface area contributed by atoms with Crippen molar-refractivity contribution in [3.63, 3.8) is 0 Å². The molecule has 0 aliphatic heterocycles. The van der Waals surface area contributed by atoms with Gasteiger partial charge in [-0.1, -0.05) is 29.8 Å². The van der Waals surface area contributed by atoms with E-state index in [2.05, 4.69) is 20.7 Å². The highest BCUT2D eigenvalue weighted by Gasteiger charge is 2.20. The first-order valence-corrected chi connectivity index (χ1v) is 9.33. The second-order valence-corrected chi connectivity index (χ2v) is 6.98. The number of rotatable bonds is 6. The van der Waals surface area contributed by atoms with Crippen LogP contribution in [0.4, 0.5) is 0 Å². The average Bonchev–Trinajstić information content (AvgIpc) is 3.01. The third-order valence-corrected chi connectivity index (χ3v) is 4.85. The molecule has 0 bridgehead atoms. The lowest BCUT2D eigenvalue weighted by Gasteiger charge is -1.99. The van der Waals surface area contributed by atoms with Crippen LogP contribution in [0.5, 0.6) is 5.75 Å². The molecular weight excluding hydrogens is 386 g/mol. The number of phenolic OH excluding ortho intramolecular Hbond substituents is 1. The zero-order valence-corrected chi connectivity index (χ0v) is 16.0. The van der Waals surface area contributed by atoms with Gasteiger partial charge in [0.2, 0.25) is 0 Å². The Balaban J connectivity index is 1.56. The van der Waals surface area contributed by atoms with Crippen LogP contribution in [0.15, 0.2) is 58.8 Å². The Morgan fingerprint density at radius 1 is 1.37 bits per heavy atom. The van der Waals surface area contributed by atoms with Gasteiger partial charge in [0.05, 0.1) is 29.7 Å². The summed E-state index contributed by atoms with van der Waals surface area (Å²) < 4.78 is 1.86. The zero-order valence-electron chi connectivity index (χ0n) is 14.4. The Labute approximate surface area is 165 Å². The Hall–Kier alpha value is -2.84. The van der Waals surface area contributed by atoms with Crippen molar-refractivity contribution < 1.29 is 14.5 Å². The molecule has 0 unspecified atom stereocenters. The van der Waals surface area contributed by atoms with Crippen LogP contribution in [-0.4, -0.2) is 33.2 Å². The Bertz CT molecular complexity index is 989. The van der Waals surface area contributed by atoms with Gasteiger partial charge in [-0.05, 0) is 47.7 Å². The number of hydrogen-bond donors (Lipinski definition) is 3. The van der Waals surface area contributed by atoms with Gasteiger partial charge in [0.25, 0.3) is 11.7 Å². The van der Waals surface area contributed by atoms with E-state index in [1.165, 1.54) is 18.0 Å². The number of carbonyl (C=O) groups is 1. The molecule has 3 N–H and O–H groups in total. The summed E-state index contributed by atoms with van der Waals surface area (Å²) in [5, 5.41) is 21.8. The maximum atomic E-state index is 11.9. The van der Waals surface area contributed by atoms with E-state index >= 15 is 0 Å². The lowest BCUT2D eigenvalue weighted by molar-refractivity contribution is -0.698. The standard InChI is InChI=1S/C18H16ClN5O2S/c1-24-17(13-5-3-6-14(19)9-13)22-23-18(24)27-11-16(26)21-20-10-12-4-2-7-15(25)8-12/h2-10H,11H2,1H3,(H2,21,25,26)/p+1. The van der Waals surface area contributed by atoms with Crippen LogP contribution in [0.25, 0.3) is 11.4 Å². The first kappa shape index (κ1) is 18.9. The molecule has 3 rings (SSSR count). The van der Waals surface area contributed by atoms with Crippen LogP contribution < -0.4 is 9.99 Å². The van der Waals surface area contributed by atoms with Crippen LogP contribution in [-0.2, 0) is 11.8 Å². The van der Waals surface area contributed by atoms with Crippen molar-refractivity contribution in [1.82, 2.24) is 15.6 Å². The molecule has 1 amide bonds. The Morgan fingerprint density at radius 3 is 2.96 bits per heavy atom. The fourth-order valence-corrected chi connectivity index (χ4v) is 3.23. The molecule has 27 heavy (non-hydrogen) atoms. The SMILES string of the molecule is C[n+]1c(SCC(=O)NN=Cc2cccc(O)c2)n[nH]c1-c1cccc(Cl)c1. The normalized spacial score (nSPS) is 11.0. The molecule has 0 aliphatic carbocycles. The quantitative estimate of drug-likeness (QED) is 0.255. The summed E-state index contributed by atoms with van der Waals surface area (Å²) in [6.45, 7) is 0. The summed E-state index contributed by atoms with van der Waals surface area (Å²) in [5.41, 5.74) is 4.04. The van der Waals surface area contributed by atoms with Crippen LogP contribution in [0.3, 0.4) is 0 Å². The topological polar surface area (TPSA) is 94.2 Å². The molecule has 138 valence electrons. The minimum atomic E-state index is -0.260. The summed E-state index contributed by atoms with van der Waals surface area (Å²) in [5.74, 6) is 0.832. The van der Waals surface area contributed by atoms with Crippen molar-refractivity contribution in [2.75, 3.05) is 5.75 Å². The fraction of sp³-hybridized carbons (Fsp3) is 0.111. The minimum absolute atomic E-state index is 0.141. The number of carbonyl (C=O) groups excluding carboxylic acids is 1. The number of nitrogens with zero attached hydrogens (tertiary/aromatic N) is 3. The molecular formula is C18H17ClN5O2S+. The van der Waals surface area contributed by atoms with E-state index in [9.17, 15) is 9.90 Å². The summed E-state index contributed by atoms with van der Waals surface area (Å²) in [6.07, 6.45) is 1.47. The van der Waals surface area contributed by atoms with E-state index in [0.29, 0.717) is 15.7 Å². The van der Waals surface area contributed by atoms with Crippen LogP contribution in [0.2, 0.25) is 5.02 Å². The number of aromatic nitrogens is 3. The van der Waals surface area contributed by atoms with E-state index in [0.717, 1.165) is 11.4 Å². The van der Waals surface area contributed by atoms with E-state index in [4.69, 9.17) is 11.6 Å². The van der Waals surface area contributed by atoms with Crippen molar-refractivity contribution in [3.8, 4) is 17.1 Å². The number of halogens is 1. The predicted octanol–water partition coefficient (Wildman–Crippen LogP) is 2.50. The van der Waals surface area contributed by atoms with Gasteiger partial charge in [-0.25, -0.2) is 9.99 Å².